The summed E-state index contributed by atoms with van der Waals surface area (Å²) in [7, 11) is 1.56. The van der Waals surface area contributed by atoms with Crippen molar-refractivity contribution >= 4 is 35.0 Å². The van der Waals surface area contributed by atoms with Gasteiger partial charge in [0, 0.05) is 10.6 Å². The lowest BCUT2D eigenvalue weighted by atomic mass is 10.2. The van der Waals surface area contributed by atoms with E-state index in [0.29, 0.717) is 27.4 Å². The van der Waals surface area contributed by atoms with Crippen LogP contribution in [-0.4, -0.2) is 23.8 Å². The van der Waals surface area contributed by atoms with Gasteiger partial charge in [-0.25, -0.2) is 4.98 Å². The molecule has 0 aliphatic rings. The van der Waals surface area contributed by atoms with Crippen LogP contribution in [-0.2, 0) is 4.79 Å². The molecular formula is C18H15ClN2O3S. The molecule has 25 heavy (non-hydrogen) atoms. The molecule has 128 valence electrons. The molecule has 7 heteroatoms. The van der Waals surface area contributed by atoms with Crippen LogP contribution in [0.1, 0.15) is 0 Å². The number of ether oxygens (including phenoxy) is 1. The lowest BCUT2D eigenvalue weighted by molar-refractivity contribution is -0.113. The molecule has 1 amide bonds. The van der Waals surface area contributed by atoms with E-state index in [-0.39, 0.29) is 11.7 Å². The van der Waals surface area contributed by atoms with Crippen molar-refractivity contribution in [2.75, 3.05) is 18.2 Å². The summed E-state index contributed by atoms with van der Waals surface area (Å²) in [5.41, 5.74) is 1.47. The van der Waals surface area contributed by atoms with Gasteiger partial charge in [-0.2, -0.15) is 0 Å². The lowest BCUT2D eigenvalue weighted by Crippen LogP contribution is -2.14. The number of aromatic nitrogens is 1. The molecule has 0 saturated carbocycles. The zero-order chi connectivity index (χ0) is 17.6. The molecule has 1 aromatic heterocycles. The number of carbonyl (C=O) groups excluding carboxylic acids is 1. The Labute approximate surface area is 154 Å². The predicted molar refractivity (Wildman–Crippen MR) is 99.3 cm³/mol. The summed E-state index contributed by atoms with van der Waals surface area (Å²) >= 11 is 7.19. The van der Waals surface area contributed by atoms with E-state index >= 15 is 0 Å². The summed E-state index contributed by atoms with van der Waals surface area (Å²) in [4.78, 5) is 16.3. The number of thioether (sulfide) groups is 1. The topological polar surface area (TPSA) is 64.4 Å². The fourth-order valence-electron chi connectivity index (χ4n) is 2.16. The van der Waals surface area contributed by atoms with Gasteiger partial charge in [-0.1, -0.05) is 47.6 Å². The molecule has 0 unspecified atom stereocenters. The Morgan fingerprint density at radius 3 is 2.92 bits per heavy atom. The van der Waals surface area contributed by atoms with Gasteiger partial charge in [0.25, 0.3) is 5.22 Å². The molecule has 0 aliphatic carbocycles. The highest BCUT2D eigenvalue weighted by atomic mass is 35.5. The smallest absolute Gasteiger partial charge is 0.256 e. The van der Waals surface area contributed by atoms with Crippen LogP contribution in [0.15, 0.2) is 64.4 Å². The molecule has 0 saturated heterocycles. The van der Waals surface area contributed by atoms with E-state index in [2.05, 4.69) is 10.3 Å². The Bertz CT molecular complexity index is 882. The first-order chi connectivity index (χ1) is 12.2. The maximum Gasteiger partial charge on any atom is 0.256 e. The Morgan fingerprint density at radius 2 is 2.12 bits per heavy atom. The number of amides is 1. The second-order valence-corrected chi connectivity index (χ2v) is 6.40. The third-order valence-corrected chi connectivity index (χ3v) is 4.38. The molecule has 0 fully saturated rings. The quantitative estimate of drug-likeness (QED) is 0.631. The molecule has 0 aliphatic heterocycles. The Hall–Kier alpha value is -2.44. The van der Waals surface area contributed by atoms with Gasteiger partial charge in [0.2, 0.25) is 5.91 Å². The summed E-state index contributed by atoms with van der Waals surface area (Å²) in [6.07, 6.45) is 1.62. The Balaban J connectivity index is 1.59. The minimum Gasteiger partial charge on any atom is -0.495 e. The number of halogens is 1. The van der Waals surface area contributed by atoms with E-state index in [1.807, 2.05) is 24.3 Å². The van der Waals surface area contributed by atoms with Crippen LogP contribution in [0.4, 0.5) is 5.69 Å². The molecule has 3 rings (SSSR count). The first kappa shape index (κ1) is 17.4. The first-order valence-electron chi connectivity index (χ1n) is 7.43. The second-order valence-electron chi connectivity index (χ2n) is 5.04. The number of carbonyl (C=O) groups is 1. The van der Waals surface area contributed by atoms with Crippen molar-refractivity contribution in [1.82, 2.24) is 4.98 Å². The predicted octanol–water partition coefficient (Wildman–Crippen LogP) is 4.73. The number of anilines is 1. The monoisotopic (exact) mass is 374 g/mol. The molecule has 0 spiro atoms. The van der Waals surface area contributed by atoms with Gasteiger partial charge in [-0.3, -0.25) is 4.79 Å². The molecule has 1 heterocycles. The van der Waals surface area contributed by atoms with Crippen LogP contribution < -0.4 is 10.1 Å². The minimum absolute atomic E-state index is 0.169. The third kappa shape index (κ3) is 4.55. The average molecular weight is 375 g/mol. The number of para-hydroxylation sites is 2. The number of hydrogen-bond acceptors (Lipinski definition) is 5. The van der Waals surface area contributed by atoms with E-state index in [4.69, 9.17) is 20.8 Å². The number of methoxy groups -OCH3 is 1. The fraction of sp³-hybridized carbons (Fsp3) is 0.111. The number of rotatable bonds is 6. The van der Waals surface area contributed by atoms with Crippen LogP contribution in [0.5, 0.6) is 5.75 Å². The van der Waals surface area contributed by atoms with E-state index in [9.17, 15) is 4.79 Å². The molecule has 5 nitrogen and oxygen atoms in total. The van der Waals surface area contributed by atoms with Gasteiger partial charge in [0.1, 0.15) is 5.75 Å². The van der Waals surface area contributed by atoms with Crippen molar-refractivity contribution in [3.63, 3.8) is 0 Å². The van der Waals surface area contributed by atoms with Crippen molar-refractivity contribution in [1.29, 1.82) is 0 Å². The molecular weight excluding hydrogens is 360 g/mol. The van der Waals surface area contributed by atoms with Crippen LogP contribution in [0.3, 0.4) is 0 Å². The largest absolute Gasteiger partial charge is 0.495 e. The molecule has 3 aromatic rings. The second kappa shape index (κ2) is 8.09. The lowest BCUT2D eigenvalue weighted by Gasteiger charge is -2.08. The van der Waals surface area contributed by atoms with E-state index in [1.54, 1.807) is 37.6 Å². The minimum atomic E-state index is -0.169. The molecule has 0 radical (unpaired) electrons. The number of hydrogen-bond donors (Lipinski definition) is 1. The van der Waals surface area contributed by atoms with Gasteiger partial charge < -0.3 is 14.5 Å². The molecule has 0 bridgehead atoms. The van der Waals surface area contributed by atoms with Gasteiger partial charge in [0.05, 0.1) is 24.7 Å². The Kier molecular flexibility index (Phi) is 5.63. The van der Waals surface area contributed by atoms with Gasteiger partial charge in [-0.15, -0.1) is 0 Å². The van der Waals surface area contributed by atoms with Crippen LogP contribution in [0.2, 0.25) is 5.02 Å². The number of nitrogens with one attached hydrogen (secondary N) is 1. The molecule has 2 aromatic carbocycles. The average Bonchev–Trinajstić information content (AvgIpc) is 3.09. The zero-order valence-electron chi connectivity index (χ0n) is 13.4. The van der Waals surface area contributed by atoms with Gasteiger partial charge in [0.15, 0.2) is 5.76 Å². The maximum absolute atomic E-state index is 12.1. The summed E-state index contributed by atoms with van der Waals surface area (Å²) in [5, 5.41) is 3.85. The zero-order valence-corrected chi connectivity index (χ0v) is 14.9. The van der Waals surface area contributed by atoms with Crippen molar-refractivity contribution in [2.24, 2.45) is 0 Å². The van der Waals surface area contributed by atoms with Crippen molar-refractivity contribution in [2.45, 2.75) is 5.22 Å². The maximum atomic E-state index is 12.1. The normalized spacial score (nSPS) is 10.5. The number of benzene rings is 2. The van der Waals surface area contributed by atoms with Gasteiger partial charge in [-0.05, 0) is 24.3 Å². The van der Waals surface area contributed by atoms with Crippen molar-refractivity contribution in [3.8, 4) is 17.1 Å². The summed E-state index contributed by atoms with van der Waals surface area (Å²) in [6, 6.07) is 14.6. The summed E-state index contributed by atoms with van der Waals surface area (Å²) in [6.45, 7) is 0. The highest BCUT2D eigenvalue weighted by Crippen LogP contribution is 2.28. The summed E-state index contributed by atoms with van der Waals surface area (Å²) in [5.74, 6) is 1.22. The van der Waals surface area contributed by atoms with Gasteiger partial charge >= 0.3 is 0 Å². The third-order valence-electron chi connectivity index (χ3n) is 3.30. The van der Waals surface area contributed by atoms with Crippen molar-refractivity contribution in [3.05, 3.63) is 59.8 Å². The summed E-state index contributed by atoms with van der Waals surface area (Å²) < 4.78 is 10.9. The number of nitrogens with zero attached hydrogens (tertiary/aromatic N) is 1. The number of oxazole rings is 1. The standard InChI is InChI=1S/C18H15ClN2O3S/c1-23-15-8-3-2-7-14(15)21-17(22)11-25-18-20-10-16(24-18)12-5-4-6-13(19)9-12/h2-10H,11H2,1H3,(H,21,22). The van der Waals surface area contributed by atoms with Crippen LogP contribution in [0, 0.1) is 0 Å². The van der Waals surface area contributed by atoms with Crippen LogP contribution >= 0.6 is 23.4 Å². The Morgan fingerprint density at radius 1 is 1.28 bits per heavy atom. The van der Waals surface area contributed by atoms with Crippen LogP contribution in [0.25, 0.3) is 11.3 Å². The SMILES string of the molecule is COc1ccccc1NC(=O)CSc1ncc(-c2cccc(Cl)c2)o1. The molecule has 0 atom stereocenters. The van der Waals surface area contributed by atoms with E-state index in [1.165, 1.54) is 11.8 Å². The van der Waals surface area contributed by atoms with E-state index in [0.717, 1.165) is 5.56 Å². The molecule has 1 N–H and O–H groups in total. The first-order valence-corrected chi connectivity index (χ1v) is 8.79. The highest BCUT2D eigenvalue weighted by molar-refractivity contribution is 7.99. The fourth-order valence-corrected chi connectivity index (χ4v) is 2.95. The van der Waals surface area contributed by atoms with E-state index < -0.39 is 0 Å². The highest BCUT2D eigenvalue weighted by Gasteiger charge is 2.11. The van der Waals surface area contributed by atoms with Crippen molar-refractivity contribution < 1.29 is 13.9 Å².